The zero-order chi connectivity index (χ0) is 14.2. The van der Waals surface area contributed by atoms with Crippen molar-refractivity contribution in [3.8, 4) is 0 Å². The number of Topliss-reactive ketones (excluding diaryl/α,β-unsaturated/α-hetero) is 2. The van der Waals surface area contributed by atoms with Crippen LogP contribution >= 0.6 is 0 Å². The number of fused-ring (bicyclic) bond motifs is 1. The molecule has 1 aromatic carbocycles. The maximum Gasteiger partial charge on any atom is 0.233 e. The van der Waals surface area contributed by atoms with Crippen LogP contribution < -0.4 is 5.32 Å². The van der Waals surface area contributed by atoms with E-state index in [0.29, 0.717) is 16.8 Å². The largest absolute Gasteiger partial charge is 0.391 e. The molecular weight excluding hydrogens is 242 g/mol. The van der Waals surface area contributed by atoms with E-state index in [0.717, 1.165) is 5.56 Å². The minimum atomic E-state index is -0.555. The van der Waals surface area contributed by atoms with Gasteiger partial charge in [0, 0.05) is 28.4 Å². The predicted molar refractivity (Wildman–Crippen MR) is 72.7 cm³/mol. The second kappa shape index (κ2) is 4.97. The summed E-state index contributed by atoms with van der Waals surface area (Å²) in [7, 11) is 0. The molecular formula is C15H17NO3. The molecule has 1 aliphatic rings. The highest BCUT2D eigenvalue weighted by molar-refractivity contribution is 6.52. The molecule has 1 aromatic rings. The molecule has 0 saturated heterocycles. The third-order valence-corrected chi connectivity index (χ3v) is 3.46. The molecule has 4 heteroatoms. The Bertz CT molecular complexity index is 573. The number of ketones is 2. The molecule has 1 aliphatic carbocycles. The molecule has 4 nitrogen and oxygen atoms in total. The molecule has 0 bridgehead atoms. The third-order valence-electron chi connectivity index (χ3n) is 3.46. The predicted octanol–water partition coefficient (Wildman–Crippen LogP) is 1.54. The van der Waals surface area contributed by atoms with E-state index in [2.05, 4.69) is 5.32 Å². The van der Waals surface area contributed by atoms with Crippen LogP contribution in [0.25, 0.3) is 5.70 Å². The van der Waals surface area contributed by atoms with Gasteiger partial charge in [-0.15, -0.1) is 0 Å². The minimum Gasteiger partial charge on any atom is -0.391 e. The molecule has 0 amide bonds. The van der Waals surface area contributed by atoms with Crippen LogP contribution in [0.2, 0.25) is 0 Å². The van der Waals surface area contributed by atoms with Gasteiger partial charge in [0.25, 0.3) is 0 Å². The van der Waals surface area contributed by atoms with Crippen molar-refractivity contribution in [2.45, 2.75) is 32.9 Å². The van der Waals surface area contributed by atoms with E-state index < -0.39 is 17.7 Å². The number of aliphatic hydroxyl groups excluding tert-OH is 1. The SMILES string of the molecule is CC1=C(NC(C)C(C)O)c2ccccc2C(=O)C1=O. The lowest BCUT2D eigenvalue weighted by atomic mass is 9.87. The van der Waals surface area contributed by atoms with Gasteiger partial charge in [0.1, 0.15) is 0 Å². The topological polar surface area (TPSA) is 66.4 Å². The van der Waals surface area contributed by atoms with E-state index in [-0.39, 0.29) is 6.04 Å². The molecule has 0 saturated carbocycles. The smallest absolute Gasteiger partial charge is 0.233 e. The van der Waals surface area contributed by atoms with Crippen molar-refractivity contribution in [3.63, 3.8) is 0 Å². The van der Waals surface area contributed by atoms with E-state index in [1.54, 1.807) is 32.0 Å². The van der Waals surface area contributed by atoms with Gasteiger partial charge in [0.15, 0.2) is 0 Å². The monoisotopic (exact) mass is 259 g/mol. The van der Waals surface area contributed by atoms with Gasteiger partial charge >= 0.3 is 0 Å². The fourth-order valence-electron chi connectivity index (χ4n) is 2.04. The minimum absolute atomic E-state index is 0.209. The van der Waals surface area contributed by atoms with Crippen molar-refractivity contribution in [1.82, 2.24) is 5.32 Å². The number of carbonyl (C=O) groups excluding carboxylic acids is 2. The summed E-state index contributed by atoms with van der Waals surface area (Å²) in [5.74, 6) is -0.956. The fourth-order valence-corrected chi connectivity index (χ4v) is 2.04. The summed E-state index contributed by atoms with van der Waals surface area (Å²) in [4.78, 5) is 23.9. The summed E-state index contributed by atoms with van der Waals surface area (Å²) in [6.07, 6.45) is -0.555. The first-order valence-electron chi connectivity index (χ1n) is 6.27. The highest BCUT2D eigenvalue weighted by Crippen LogP contribution is 2.27. The number of aliphatic hydroxyl groups is 1. The third kappa shape index (κ3) is 2.31. The number of carbonyl (C=O) groups is 2. The van der Waals surface area contributed by atoms with E-state index in [4.69, 9.17) is 0 Å². The van der Waals surface area contributed by atoms with Gasteiger partial charge in [-0.25, -0.2) is 0 Å². The van der Waals surface area contributed by atoms with Crippen LogP contribution in [0.3, 0.4) is 0 Å². The Morgan fingerprint density at radius 2 is 1.63 bits per heavy atom. The second-order valence-electron chi connectivity index (χ2n) is 4.88. The van der Waals surface area contributed by atoms with Gasteiger partial charge in [-0.2, -0.15) is 0 Å². The normalized spacial score (nSPS) is 18.1. The quantitative estimate of drug-likeness (QED) is 0.808. The van der Waals surface area contributed by atoms with Crippen LogP contribution in [0.4, 0.5) is 0 Å². The van der Waals surface area contributed by atoms with E-state index in [9.17, 15) is 14.7 Å². The molecule has 2 unspecified atom stereocenters. The number of benzene rings is 1. The fraction of sp³-hybridized carbons (Fsp3) is 0.333. The number of hydrogen-bond donors (Lipinski definition) is 2. The van der Waals surface area contributed by atoms with Crippen molar-refractivity contribution in [2.75, 3.05) is 0 Å². The van der Waals surface area contributed by atoms with Gasteiger partial charge in [0.05, 0.1) is 6.10 Å². The van der Waals surface area contributed by atoms with Crippen LogP contribution in [0, 0.1) is 0 Å². The molecule has 2 rings (SSSR count). The summed E-state index contributed by atoms with van der Waals surface area (Å²) in [6.45, 7) is 5.14. The average molecular weight is 259 g/mol. The lowest BCUT2D eigenvalue weighted by molar-refractivity contribution is -0.111. The molecule has 0 spiro atoms. The molecule has 0 aliphatic heterocycles. The average Bonchev–Trinajstić information content (AvgIpc) is 2.40. The summed E-state index contributed by atoms with van der Waals surface area (Å²) in [5.41, 5.74) is 2.17. The van der Waals surface area contributed by atoms with Gasteiger partial charge in [-0.3, -0.25) is 9.59 Å². The van der Waals surface area contributed by atoms with Crippen LogP contribution in [0.1, 0.15) is 36.7 Å². The maximum absolute atomic E-state index is 11.9. The first-order chi connectivity index (χ1) is 8.93. The van der Waals surface area contributed by atoms with Crippen molar-refractivity contribution >= 4 is 17.3 Å². The number of nitrogens with one attached hydrogen (secondary N) is 1. The lowest BCUT2D eigenvalue weighted by Gasteiger charge is -2.25. The second-order valence-corrected chi connectivity index (χ2v) is 4.88. The molecule has 0 radical (unpaired) electrons. The Morgan fingerprint density at radius 1 is 1.05 bits per heavy atom. The molecule has 0 fully saturated rings. The van der Waals surface area contributed by atoms with E-state index >= 15 is 0 Å². The van der Waals surface area contributed by atoms with Gasteiger partial charge in [0.2, 0.25) is 11.6 Å². The summed E-state index contributed by atoms with van der Waals surface area (Å²) < 4.78 is 0. The van der Waals surface area contributed by atoms with Gasteiger partial charge in [-0.05, 0) is 20.8 Å². The first-order valence-corrected chi connectivity index (χ1v) is 6.27. The lowest BCUT2D eigenvalue weighted by Crippen LogP contribution is -2.37. The first kappa shape index (κ1) is 13.5. The van der Waals surface area contributed by atoms with E-state index in [1.165, 1.54) is 0 Å². The van der Waals surface area contributed by atoms with Gasteiger partial charge < -0.3 is 10.4 Å². The molecule has 2 N–H and O–H groups in total. The van der Waals surface area contributed by atoms with Crippen molar-refractivity contribution < 1.29 is 14.7 Å². The zero-order valence-electron chi connectivity index (χ0n) is 11.2. The molecule has 0 heterocycles. The summed E-state index contributed by atoms with van der Waals surface area (Å²) in [6, 6.07) is 6.81. The summed E-state index contributed by atoms with van der Waals surface area (Å²) >= 11 is 0. The highest BCUT2D eigenvalue weighted by atomic mass is 16.3. The van der Waals surface area contributed by atoms with Crippen LogP contribution in [0.15, 0.2) is 29.8 Å². The van der Waals surface area contributed by atoms with Crippen LogP contribution in [-0.4, -0.2) is 28.8 Å². The summed E-state index contributed by atoms with van der Waals surface area (Å²) in [5, 5.41) is 12.7. The van der Waals surface area contributed by atoms with Crippen LogP contribution in [0.5, 0.6) is 0 Å². The highest BCUT2D eigenvalue weighted by Gasteiger charge is 2.30. The van der Waals surface area contributed by atoms with Gasteiger partial charge in [-0.1, -0.05) is 24.3 Å². The number of hydrogen-bond acceptors (Lipinski definition) is 4. The zero-order valence-corrected chi connectivity index (χ0v) is 11.2. The molecule has 19 heavy (non-hydrogen) atoms. The van der Waals surface area contributed by atoms with Crippen LogP contribution in [-0.2, 0) is 4.79 Å². The Morgan fingerprint density at radius 3 is 2.21 bits per heavy atom. The van der Waals surface area contributed by atoms with Crippen molar-refractivity contribution in [2.24, 2.45) is 0 Å². The van der Waals surface area contributed by atoms with E-state index in [1.807, 2.05) is 13.0 Å². The number of allylic oxidation sites excluding steroid dienone is 1. The Kier molecular flexibility index (Phi) is 3.53. The number of rotatable bonds is 3. The maximum atomic E-state index is 11.9. The Hall–Kier alpha value is -1.94. The molecule has 2 atom stereocenters. The molecule has 0 aromatic heterocycles. The standard InChI is InChI=1S/C15H17NO3/c1-8-13(16-9(2)10(3)17)11-6-4-5-7-12(11)15(19)14(8)18/h4-7,9-10,16-17H,1-3H3. The van der Waals surface area contributed by atoms with Crippen molar-refractivity contribution in [1.29, 1.82) is 0 Å². The Balaban J connectivity index is 2.51. The Labute approximate surface area is 112 Å². The molecule has 100 valence electrons. The van der Waals surface area contributed by atoms with Crippen molar-refractivity contribution in [3.05, 3.63) is 41.0 Å².